The zero-order valence-corrected chi connectivity index (χ0v) is 13.1. The van der Waals surface area contributed by atoms with Gasteiger partial charge in [0.1, 0.15) is 5.82 Å². The monoisotopic (exact) mass is 323 g/mol. The number of rotatable bonds is 2. The Balaban J connectivity index is 1.73. The second-order valence-electron chi connectivity index (χ2n) is 5.28. The molecule has 2 aromatic rings. The molecule has 4 nitrogen and oxygen atoms in total. The van der Waals surface area contributed by atoms with E-state index in [0.29, 0.717) is 22.2 Å². The molecule has 21 heavy (non-hydrogen) atoms. The first-order valence-electron chi connectivity index (χ1n) is 6.84. The van der Waals surface area contributed by atoms with Crippen LogP contribution in [0.25, 0.3) is 0 Å². The van der Waals surface area contributed by atoms with E-state index in [1.54, 1.807) is 18.2 Å². The molecule has 0 bridgehead atoms. The second kappa shape index (κ2) is 5.70. The summed E-state index contributed by atoms with van der Waals surface area (Å²) in [6.07, 6.45) is 2.29. The molecule has 1 unspecified atom stereocenters. The van der Waals surface area contributed by atoms with Crippen LogP contribution in [0.2, 0.25) is 10.0 Å². The molecule has 0 saturated carbocycles. The normalized spacial score (nSPS) is 17.4. The molecule has 0 saturated heterocycles. The highest BCUT2D eigenvalue weighted by Crippen LogP contribution is 2.31. The van der Waals surface area contributed by atoms with Crippen molar-refractivity contribution >= 4 is 34.8 Å². The Morgan fingerprint density at radius 3 is 3.05 bits per heavy atom. The molecule has 1 aromatic heterocycles. The van der Waals surface area contributed by atoms with Crippen molar-refractivity contribution in [3.8, 4) is 0 Å². The van der Waals surface area contributed by atoms with Gasteiger partial charge in [-0.25, -0.2) is 4.98 Å². The van der Waals surface area contributed by atoms with Crippen molar-refractivity contribution in [2.45, 2.75) is 26.2 Å². The number of carbonyl (C=O) groups is 1. The summed E-state index contributed by atoms with van der Waals surface area (Å²) >= 11 is 12.1. The lowest BCUT2D eigenvalue weighted by molar-refractivity contribution is -0.120. The standard InChI is InChI=1S/C15H15Cl2N3O/c1-8-18-11-6-5-9(7-13(11)19-8)15(21)20-12-4-2-3-10(16)14(12)17/h2-4,9H,5-7H2,1H3,(H,18,19)(H,20,21). The van der Waals surface area contributed by atoms with Crippen LogP contribution in [-0.4, -0.2) is 15.9 Å². The Labute approximate surface area is 132 Å². The Kier molecular flexibility index (Phi) is 3.91. The summed E-state index contributed by atoms with van der Waals surface area (Å²) in [4.78, 5) is 20.1. The van der Waals surface area contributed by atoms with Gasteiger partial charge < -0.3 is 10.3 Å². The van der Waals surface area contributed by atoms with Crippen LogP contribution in [0.15, 0.2) is 18.2 Å². The molecule has 0 radical (unpaired) electrons. The molecule has 0 spiro atoms. The highest BCUT2D eigenvalue weighted by Gasteiger charge is 2.27. The number of hydrogen-bond acceptors (Lipinski definition) is 2. The van der Waals surface area contributed by atoms with Gasteiger partial charge in [-0.05, 0) is 31.9 Å². The minimum absolute atomic E-state index is 0.0305. The maximum Gasteiger partial charge on any atom is 0.227 e. The number of carbonyl (C=O) groups excluding carboxylic acids is 1. The van der Waals surface area contributed by atoms with E-state index in [0.717, 1.165) is 30.1 Å². The summed E-state index contributed by atoms with van der Waals surface area (Å²) in [5.74, 6) is 0.795. The van der Waals surface area contributed by atoms with Gasteiger partial charge in [-0.15, -0.1) is 0 Å². The van der Waals surface area contributed by atoms with E-state index in [-0.39, 0.29) is 11.8 Å². The van der Waals surface area contributed by atoms with Gasteiger partial charge in [-0.1, -0.05) is 29.3 Å². The van der Waals surface area contributed by atoms with Gasteiger partial charge in [0.25, 0.3) is 0 Å². The van der Waals surface area contributed by atoms with E-state index in [2.05, 4.69) is 15.3 Å². The predicted octanol–water partition coefficient (Wildman–Crippen LogP) is 3.77. The van der Waals surface area contributed by atoms with Crippen molar-refractivity contribution in [2.24, 2.45) is 5.92 Å². The molecule has 6 heteroatoms. The number of anilines is 1. The average Bonchev–Trinajstić information content (AvgIpc) is 2.82. The Hall–Kier alpha value is -1.52. The second-order valence-corrected chi connectivity index (χ2v) is 6.06. The first kappa shape index (κ1) is 14.4. The Morgan fingerprint density at radius 2 is 2.24 bits per heavy atom. The van der Waals surface area contributed by atoms with Crippen LogP contribution in [0.1, 0.15) is 23.6 Å². The molecule has 1 aliphatic rings. The number of nitrogens with zero attached hydrogens (tertiary/aromatic N) is 1. The molecule has 1 amide bonds. The summed E-state index contributed by atoms with van der Waals surface area (Å²) in [7, 11) is 0. The lowest BCUT2D eigenvalue weighted by Crippen LogP contribution is -2.28. The van der Waals surface area contributed by atoms with Gasteiger partial charge in [0.2, 0.25) is 5.91 Å². The number of imidazole rings is 1. The molecular formula is C15H15Cl2N3O. The van der Waals surface area contributed by atoms with Crippen molar-refractivity contribution in [2.75, 3.05) is 5.32 Å². The van der Waals surface area contributed by atoms with E-state index < -0.39 is 0 Å². The van der Waals surface area contributed by atoms with Crippen LogP contribution >= 0.6 is 23.2 Å². The number of fused-ring (bicyclic) bond motifs is 1. The molecule has 2 N–H and O–H groups in total. The fourth-order valence-electron chi connectivity index (χ4n) is 2.68. The van der Waals surface area contributed by atoms with Gasteiger partial charge in [-0.3, -0.25) is 4.79 Å². The minimum atomic E-state index is -0.0765. The first-order valence-corrected chi connectivity index (χ1v) is 7.59. The molecule has 0 aliphatic heterocycles. The van der Waals surface area contributed by atoms with Crippen LogP contribution < -0.4 is 5.32 Å². The number of aryl methyl sites for hydroxylation is 2. The molecule has 110 valence electrons. The number of amides is 1. The number of halogens is 2. The van der Waals surface area contributed by atoms with E-state index in [4.69, 9.17) is 23.2 Å². The molecule has 1 aliphatic carbocycles. The van der Waals surface area contributed by atoms with Crippen LogP contribution in [0.5, 0.6) is 0 Å². The summed E-state index contributed by atoms with van der Waals surface area (Å²) in [6.45, 7) is 1.93. The predicted molar refractivity (Wildman–Crippen MR) is 83.9 cm³/mol. The quantitative estimate of drug-likeness (QED) is 0.883. The Morgan fingerprint density at radius 1 is 1.43 bits per heavy atom. The van der Waals surface area contributed by atoms with Crippen molar-refractivity contribution in [3.05, 3.63) is 45.5 Å². The number of hydrogen-bond donors (Lipinski definition) is 2. The van der Waals surface area contributed by atoms with Gasteiger partial charge in [0.15, 0.2) is 0 Å². The fraction of sp³-hybridized carbons (Fsp3) is 0.333. The molecule has 3 rings (SSSR count). The number of benzene rings is 1. The highest BCUT2D eigenvalue weighted by molar-refractivity contribution is 6.44. The van der Waals surface area contributed by atoms with Crippen LogP contribution in [0, 0.1) is 12.8 Å². The van der Waals surface area contributed by atoms with E-state index in [1.807, 2.05) is 6.92 Å². The lowest BCUT2D eigenvalue weighted by atomic mass is 9.89. The third-order valence-electron chi connectivity index (χ3n) is 3.74. The maximum absolute atomic E-state index is 12.4. The van der Waals surface area contributed by atoms with Crippen molar-refractivity contribution in [1.29, 1.82) is 0 Å². The van der Waals surface area contributed by atoms with Crippen LogP contribution in [0.4, 0.5) is 5.69 Å². The molecule has 1 aromatic carbocycles. The molecule has 1 atom stereocenters. The van der Waals surface area contributed by atoms with Crippen LogP contribution in [0.3, 0.4) is 0 Å². The van der Waals surface area contributed by atoms with E-state index in [9.17, 15) is 4.79 Å². The zero-order valence-electron chi connectivity index (χ0n) is 11.5. The van der Waals surface area contributed by atoms with Crippen LogP contribution in [-0.2, 0) is 17.6 Å². The van der Waals surface area contributed by atoms with Gasteiger partial charge in [0.05, 0.1) is 21.4 Å². The molecular weight excluding hydrogens is 309 g/mol. The molecule has 1 heterocycles. The number of aromatic amines is 1. The van der Waals surface area contributed by atoms with Crippen molar-refractivity contribution in [3.63, 3.8) is 0 Å². The summed E-state index contributed by atoms with van der Waals surface area (Å²) < 4.78 is 0. The van der Waals surface area contributed by atoms with Crippen molar-refractivity contribution < 1.29 is 4.79 Å². The smallest absolute Gasteiger partial charge is 0.227 e. The van der Waals surface area contributed by atoms with Gasteiger partial charge in [-0.2, -0.15) is 0 Å². The number of aromatic nitrogens is 2. The maximum atomic E-state index is 12.4. The summed E-state index contributed by atoms with van der Waals surface area (Å²) in [5, 5.41) is 3.68. The third kappa shape index (κ3) is 2.92. The minimum Gasteiger partial charge on any atom is -0.346 e. The topological polar surface area (TPSA) is 57.8 Å². The summed E-state index contributed by atoms with van der Waals surface area (Å²) in [6, 6.07) is 5.21. The number of nitrogens with one attached hydrogen (secondary N) is 2. The fourth-order valence-corrected chi connectivity index (χ4v) is 3.03. The first-order chi connectivity index (χ1) is 10.0. The zero-order chi connectivity index (χ0) is 15.0. The van der Waals surface area contributed by atoms with Crippen molar-refractivity contribution in [1.82, 2.24) is 9.97 Å². The third-order valence-corrected chi connectivity index (χ3v) is 4.56. The average molecular weight is 324 g/mol. The highest BCUT2D eigenvalue weighted by atomic mass is 35.5. The SMILES string of the molecule is Cc1nc2c([nH]1)CC(C(=O)Nc1cccc(Cl)c1Cl)CC2. The lowest BCUT2D eigenvalue weighted by Gasteiger charge is -2.21. The largest absolute Gasteiger partial charge is 0.346 e. The van der Waals surface area contributed by atoms with E-state index in [1.165, 1.54) is 0 Å². The van der Waals surface area contributed by atoms with E-state index >= 15 is 0 Å². The molecule has 0 fully saturated rings. The van der Waals surface area contributed by atoms with Gasteiger partial charge in [0, 0.05) is 18.0 Å². The van der Waals surface area contributed by atoms with Gasteiger partial charge >= 0.3 is 0 Å². The summed E-state index contributed by atoms with van der Waals surface area (Å²) in [5.41, 5.74) is 2.70. The number of H-pyrrole nitrogens is 1. The Bertz CT molecular complexity index is 696.